The average Bonchev–Trinajstić information content (AvgIpc) is 2.53. The summed E-state index contributed by atoms with van der Waals surface area (Å²) in [5, 5.41) is 0. The molecule has 1 fully saturated rings. The van der Waals surface area contributed by atoms with Crippen LogP contribution < -0.4 is 0 Å². The molecule has 2 rings (SSSR count). The third kappa shape index (κ3) is 5.97. The molecule has 0 bridgehead atoms. The Morgan fingerprint density at radius 3 is 2.14 bits per heavy atom. The lowest BCUT2D eigenvalue weighted by atomic mass is 9.94. The number of benzene rings is 1. The smallest absolute Gasteiger partial charge is 0.412 e. The van der Waals surface area contributed by atoms with Crippen LogP contribution in [0.5, 0.6) is 0 Å². The lowest BCUT2D eigenvalue weighted by molar-refractivity contribution is -0.177. The van der Waals surface area contributed by atoms with Gasteiger partial charge >= 0.3 is 12.2 Å². The summed E-state index contributed by atoms with van der Waals surface area (Å²) in [6.45, 7) is 9.11. The van der Waals surface area contributed by atoms with Crippen molar-refractivity contribution in [3.8, 4) is 0 Å². The number of carbonyl (C=O) groups is 1. The van der Waals surface area contributed by atoms with Gasteiger partial charge in [-0.2, -0.15) is 13.2 Å². The summed E-state index contributed by atoms with van der Waals surface area (Å²) < 4.78 is 48.2. The van der Waals surface area contributed by atoms with Crippen LogP contribution in [0.1, 0.15) is 31.4 Å². The number of halogens is 4. The van der Waals surface area contributed by atoms with E-state index < -0.39 is 26.6 Å². The number of piperidine rings is 1. The molecule has 28 heavy (non-hydrogen) atoms. The van der Waals surface area contributed by atoms with E-state index in [9.17, 15) is 18.0 Å². The predicted octanol–water partition coefficient (Wildman–Crippen LogP) is 5.81. The highest BCUT2D eigenvalue weighted by Gasteiger charge is 2.47. The molecule has 0 unspecified atom stereocenters. The van der Waals surface area contributed by atoms with E-state index in [2.05, 4.69) is 35.6 Å². The van der Waals surface area contributed by atoms with Crippen LogP contribution in [-0.2, 0) is 4.43 Å². The number of rotatable bonds is 4. The van der Waals surface area contributed by atoms with Crippen LogP contribution in [0.2, 0.25) is 19.6 Å². The fourth-order valence-corrected chi connectivity index (χ4v) is 5.57. The maximum Gasteiger partial charge on any atom is 0.413 e. The number of likely N-dealkylation sites (tertiary alicyclic amines) is 1. The van der Waals surface area contributed by atoms with Gasteiger partial charge in [-0.25, -0.2) is 4.79 Å². The van der Waals surface area contributed by atoms with Crippen molar-refractivity contribution in [1.29, 1.82) is 0 Å². The zero-order valence-corrected chi connectivity index (χ0v) is 19.5. The van der Waals surface area contributed by atoms with E-state index >= 15 is 0 Å². The van der Waals surface area contributed by atoms with Gasteiger partial charge in [0.15, 0.2) is 14.4 Å². The van der Waals surface area contributed by atoms with Crippen molar-refractivity contribution in [3.63, 3.8) is 0 Å². The Morgan fingerprint density at radius 2 is 1.71 bits per heavy atom. The third-order valence-electron chi connectivity index (χ3n) is 4.83. The van der Waals surface area contributed by atoms with Crippen LogP contribution in [0.15, 0.2) is 28.7 Å². The lowest BCUT2D eigenvalue weighted by Crippen LogP contribution is -2.54. The van der Waals surface area contributed by atoms with Crippen molar-refractivity contribution in [1.82, 2.24) is 9.80 Å². The largest absolute Gasteiger partial charge is 0.413 e. The van der Waals surface area contributed by atoms with Crippen LogP contribution in [0, 0.1) is 0 Å². The van der Waals surface area contributed by atoms with E-state index in [4.69, 9.17) is 4.43 Å². The van der Waals surface area contributed by atoms with Crippen LogP contribution in [0.3, 0.4) is 0 Å². The maximum absolute atomic E-state index is 13.8. The summed E-state index contributed by atoms with van der Waals surface area (Å²) >= 11 is 3.23. The molecule has 0 N–H and O–H groups in total. The van der Waals surface area contributed by atoms with E-state index in [0.29, 0.717) is 30.4 Å². The van der Waals surface area contributed by atoms with Gasteiger partial charge in [0.1, 0.15) is 0 Å². The molecule has 1 aromatic rings. The summed E-state index contributed by atoms with van der Waals surface area (Å²) in [5.74, 6) is 0. The molecular formula is C19H28BrF3N2O2Si. The molecule has 0 aromatic heterocycles. The Bertz CT molecular complexity index is 684. The van der Waals surface area contributed by atoms with Crippen LogP contribution in [-0.4, -0.2) is 56.1 Å². The summed E-state index contributed by atoms with van der Waals surface area (Å²) in [7, 11) is -0.529. The molecule has 1 heterocycles. The first-order valence-corrected chi connectivity index (χ1v) is 13.5. The monoisotopic (exact) mass is 480 g/mol. The first-order chi connectivity index (χ1) is 12.7. The SMILES string of the molecule is CN(C(=O)N1CCC(C)(O[Si](C)(C)C)CC1)[C@@H](c1ccc(Br)cc1)C(F)(F)F. The van der Waals surface area contributed by atoms with E-state index in [1.165, 1.54) is 24.1 Å². The highest BCUT2D eigenvalue weighted by atomic mass is 79.9. The molecule has 1 aliphatic heterocycles. The molecule has 0 aliphatic carbocycles. The fourth-order valence-electron chi connectivity index (χ4n) is 3.62. The molecule has 9 heteroatoms. The number of alkyl halides is 3. The second kappa shape index (κ2) is 8.35. The number of amides is 2. The number of nitrogens with zero attached hydrogens (tertiary/aromatic N) is 2. The van der Waals surface area contributed by atoms with Crippen molar-refractivity contribution in [3.05, 3.63) is 34.3 Å². The van der Waals surface area contributed by atoms with Gasteiger partial charge in [0, 0.05) is 24.6 Å². The van der Waals surface area contributed by atoms with Crippen molar-refractivity contribution < 1.29 is 22.4 Å². The van der Waals surface area contributed by atoms with Crippen molar-refractivity contribution >= 4 is 30.3 Å². The van der Waals surface area contributed by atoms with E-state index in [0.717, 1.165) is 4.90 Å². The Kier molecular flexibility index (Phi) is 6.93. The van der Waals surface area contributed by atoms with E-state index in [-0.39, 0.29) is 11.2 Å². The Labute approximate surface area is 174 Å². The van der Waals surface area contributed by atoms with Gasteiger partial charge in [0.2, 0.25) is 0 Å². The summed E-state index contributed by atoms with van der Waals surface area (Å²) in [6, 6.07) is 3.28. The number of carbonyl (C=O) groups excluding carboxylic acids is 1. The summed E-state index contributed by atoms with van der Waals surface area (Å²) in [6.07, 6.45) is -3.33. The minimum Gasteiger partial charge on any atom is -0.412 e. The molecule has 2 amide bonds. The molecule has 158 valence electrons. The van der Waals surface area contributed by atoms with Gasteiger partial charge < -0.3 is 14.2 Å². The lowest BCUT2D eigenvalue weighted by Gasteiger charge is -2.44. The molecule has 1 atom stereocenters. The van der Waals surface area contributed by atoms with Gasteiger partial charge in [0.05, 0.1) is 5.60 Å². The number of hydrogen-bond acceptors (Lipinski definition) is 2. The second-order valence-electron chi connectivity index (χ2n) is 8.54. The van der Waals surface area contributed by atoms with Crippen molar-refractivity contribution in [2.75, 3.05) is 20.1 Å². The normalized spacial score (nSPS) is 18.7. The molecule has 0 radical (unpaired) electrons. The molecule has 1 aliphatic rings. The first-order valence-electron chi connectivity index (χ1n) is 9.26. The molecule has 4 nitrogen and oxygen atoms in total. The van der Waals surface area contributed by atoms with Crippen LogP contribution >= 0.6 is 15.9 Å². The van der Waals surface area contributed by atoms with E-state index in [1.54, 1.807) is 12.1 Å². The van der Waals surface area contributed by atoms with Crippen LogP contribution in [0.25, 0.3) is 0 Å². The topological polar surface area (TPSA) is 32.8 Å². The van der Waals surface area contributed by atoms with Gasteiger partial charge in [-0.3, -0.25) is 0 Å². The highest BCUT2D eigenvalue weighted by Crippen LogP contribution is 2.38. The Balaban J connectivity index is 2.13. The Hall–Kier alpha value is -1.06. The molecule has 0 saturated carbocycles. The molecular weight excluding hydrogens is 453 g/mol. The zero-order chi connectivity index (χ0) is 21.3. The third-order valence-corrected chi connectivity index (χ3v) is 6.46. The van der Waals surface area contributed by atoms with Crippen molar-refractivity contribution in [2.24, 2.45) is 0 Å². The molecule has 1 saturated heterocycles. The van der Waals surface area contributed by atoms with Gasteiger partial charge in [-0.05, 0) is 57.1 Å². The van der Waals surface area contributed by atoms with Gasteiger partial charge in [-0.15, -0.1) is 0 Å². The minimum atomic E-state index is -4.57. The summed E-state index contributed by atoms with van der Waals surface area (Å²) in [5.41, 5.74) is -0.287. The Morgan fingerprint density at radius 1 is 1.21 bits per heavy atom. The number of hydrogen-bond donors (Lipinski definition) is 0. The first kappa shape index (κ1) is 23.2. The van der Waals surface area contributed by atoms with Crippen LogP contribution in [0.4, 0.5) is 18.0 Å². The van der Waals surface area contributed by atoms with Crippen molar-refractivity contribution in [2.45, 2.75) is 57.2 Å². The van der Waals surface area contributed by atoms with Gasteiger partial charge in [-0.1, -0.05) is 28.1 Å². The quantitative estimate of drug-likeness (QED) is 0.509. The zero-order valence-electron chi connectivity index (χ0n) is 16.9. The maximum atomic E-state index is 13.8. The average molecular weight is 481 g/mol. The minimum absolute atomic E-state index is 0.0375. The standard InChI is InChI=1S/C19H28BrF3N2O2Si/c1-18(27-28(3,4)5)10-12-25(13-11-18)17(26)24(2)16(19(21,22)23)14-6-8-15(20)9-7-14/h6-9,16H,10-13H2,1-5H3/t16-/m0/s1. The highest BCUT2D eigenvalue weighted by molar-refractivity contribution is 9.10. The fraction of sp³-hybridized carbons (Fsp3) is 0.632. The second-order valence-corrected chi connectivity index (χ2v) is 13.9. The summed E-state index contributed by atoms with van der Waals surface area (Å²) in [4.78, 5) is 15.1. The number of urea groups is 1. The predicted molar refractivity (Wildman–Crippen MR) is 110 cm³/mol. The van der Waals surface area contributed by atoms with E-state index in [1.807, 2.05) is 6.92 Å². The molecule has 0 spiro atoms. The molecule has 1 aromatic carbocycles. The van der Waals surface area contributed by atoms with Gasteiger partial charge in [0.25, 0.3) is 0 Å².